The lowest BCUT2D eigenvalue weighted by atomic mass is 10.8. The molecule has 5 nitrogen and oxygen atoms in total. The van der Waals surface area contributed by atoms with Gasteiger partial charge in [0.05, 0.1) is 13.2 Å². The molecule has 54 valence electrons. The van der Waals surface area contributed by atoms with Gasteiger partial charge >= 0.3 is 10.1 Å². The molecular formula is C3H6O5S. The van der Waals surface area contributed by atoms with Crippen LogP contribution in [0.3, 0.4) is 0 Å². The molecule has 6 heteroatoms. The normalized spacial score (nSPS) is 22.8. The summed E-state index contributed by atoms with van der Waals surface area (Å²) in [6.45, 7) is 0.426. The van der Waals surface area contributed by atoms with Crippen LogP contribution in [-0.4, -0.2) is 31.8 Å². The Morgan fingerprint density at radius 3 is 2.00 bits per heavy atom. The van der Waals surface area contributed by atoms with Crippen LogP contribution in [0, 0.1) is 0 Å². The van der Waals surface area contributed by atoms with E-state index in [4.69, 9.17) is 4.55 Å². The maximum absolute atomic E-state index is 10.1. The molecule has 1 fully saturated rings. The molecule has 0 atom stereocenters. The van der Waals surface area contributed by atoms with Gasteiger partial charge in [-0.2, -0.15) is 8.42 Å². The van der Waals surface area contributed by atoms with Gasteiger partial charge in [-0.1, -0.05) is 0 Å². The fourth-order valence-corrected chi connectivity index (χ4v) is 1.05. The zero-order valence-corrected chi connectivity index (χ0v) is 5.30. The summed E-state index contributed by atoms with van der Waals surface area (Å²) in [7, 11) is -4.15. The van der Waals surface area contributed by atoms with Crippen molar-refractivity contribution in [2.45, 2.75) is 5.62 Å². The molecule has 0 unspecified atom stereocenters. The quantitative estimate of drug-likeness (QED) is 0.501. The van der Waals surface area contributed by atoms with Gasteiger partial charge in [0.25, 0.3) is 5.62 Å². The Kier molecular flexibility index (Phi) is 1.71. The molecule has 0 aliphatic carbocycles. The van der Waals surface area contributed by atoms with E-state index < -0.39 is 15.7 Å². The summed E-state index contributed by atoms with van der Waals surface area (Å²) in [6.07, 6.45) is 0. The maximum Gasteiger partial charge on any atom is 0.318 e. The van der Waals surface area contributed by atoms with Crippen molar-refractivity contribution in [3.05, 3.63) is 0 Å². The van der Waals surface area contributed by atoms with Crippen LogP contribution in [-0.2, 0) is 19.6 Å². The summed E-state index contributed by atoms with van der Waals surface area (Å²) in [5, 5.41) is 0. The SMILES string of the molecule is O=S(=O)(O)C1OCCO1. The maximum atomic E-state index is 10.1. The van der Waals surface area contributed by atoms with Gasteiger partial charge in [0.1, 0.15) is 0 Å². The molecule has 0 saturated carbocycles. The smallest absolute Gasteiger partial charge is 0.318 e. The largest absolute Gasteiger partial charge is 0.336 e. The van der Waals surface area contributed by atoms with Gasteiger partial charge in [-0.25, -0.2) is 0 Å². The lowest BCUT2D eigenvalue weighted by molar-refractivity contribution is 0.0190. The van der Waals surface area contributed by atoms with Crippen LogP contribution in [0.25, 0.3) is 0 Å². The molecule has 0 spiro atoms. The molecule has 0 bridgehead atoms. The van der Waals surface area contributed by atoms with Gasteiger partial charge in [-0.15, -0.1) is 0 Å². The minimum Gasteiger partial charge on any atom is -0.336 e. The van der Waals surface area contributed by atoms with E-state index in [-0.39, 0.29) is 13.2 Å². The molecule has 0 radical (unpaired) electrons. The third-order valence-corrected chi connectivity index (χ3v) is 1.59. The zero-order valence-electron chi connectivity index (χ0n) is 4.48. The summed E-state index contributed by atoms with van der Waals surface area (Å²) in [6, 6.07) is 0. The van der Waals surface area contributed by atoms with Gasteiger partial charge in [-0.3, -0.25) is 4.55 Å². The zero-order chi connectivity index (χ0) is 6.91. The van der Waals surface area contributed by atoms with E-state index in [0.29, 0.717) is 0 Å². The molecule has 1 aliphatic rings. The summed E-state index contributed by atoms with van der Waals surface area (Å²) in [5.74, 6) is 0. The molecule has 0 aromatic carbocycles. The van der Waals surface area contributed by atoms with Gasteiger partial charge in [0.15, 0.2) is 0 Å². The summed E-state index contributed by atoms with van der Waals surface area (Å²) in [5.41, 5.74) is -1.46. The molecule has 0 amide bonds. The van der Waals surface area contributed by atoms with Gasteiger partial charge in [0.2, 0.25) is 0 Å². The van der Waals surface area contributed by atoms with Crippen LogP contribution in [0.2, 0.25) is 0 Å². The molecule has 1 aliphatic heterocycles. The second-order valence-electron chi connectivity index (χ2n) is 1.55. The Morgan fingerprint density at radius 2 is 1.78 bits per heavy atom. The van der Waals surface area contributed by atoms with Crippen molar-refractivity contribution in [3.8, 4) is 0 Å². The predicted molar refractivity (Wildman–Crippen MR) is 27.2 cm³/mol. The lowest BCUT2D eigenvalue weighted by Crippen LogP contribution is -2.20. The molecule has 0 aromatic rings. The topological polar surface area (TPSA) is 72.8 Å². The highest BCUT2D eigenvalue weighted by atomic mass is 32.2. The summed E-state index contributed by atoms with van der Waals surface area (Å²) >= 11 is 0. The first kappa shape index (κ1) is 6.94. The van der Waals surface area contributed by atoms with Crippen molar-refractivity contribution in [2.75, 3.05) is 13.2 Å². The van der Waals surface area contributed by atoms with E-state index in [1.165, 1.54) is 0 Å². The highest BCUT2D eigenvalue weighted by Gasteiger charge is 2.28. The molecule has 0 aromatic heterocycles. The van der Waals surface area contributed by atoms with E-state index >= 15 is 0 Å². The van der Waals surface area contributed by atoms with Crippen LogP contribution in [0.5, 0.6) is 0 Å². The number of hydrogen-bond donors (Lipinski definition) is 1. The minimum absolute atomic E-state index is 0.213. The third-order valence-electron chi connectivity index (χ3n) is 0.834. The Hall–Kier alpha value is -0.170. The first-order valence-corrected chi connectivity index (χ1v) is 3.80. The fraction of sp³-hybridized carbons (Fsp3) is 1.00. The average molecular weight is 154 g/mol. The van der Waals surface area contributed by atoms with E-state index in [2.05, 4.69) is 9.47 Å². The van der Waals surface area contributed by atoms with E-state index in [0.717, 1.165) is 0 Å². The molecule has 1 saturated heterocycles. The molecule has 9 heavy (non-hydrogen) atoms. The Morgan fingerprint density at radius 1 is 1.33 bits per heavy atom. The first-order valence-electron chi connectivity index (χ1n) is 2.30. The number of rotatable bonds is 1. The minimum atomic E-state index is -4.15. The monoisotopic (exact) mass is 154 g/mol. The van der Waals surface area contributed by atoms with Crippen LogP contribution in [0.1, 0.15) is 0 Å². The standard InChI is InChI=1S/C3H6O5S/c4-9(5,6)3-7-1-2-8-3/h3H,1-2H2,(H,4,5,6). The van der Waals surface area contributed by atoms with Crippen molar-refractivity contribution in [2.24, 2.45) is 0 Å². The van der Waals surface area contributed by atoms with Crippen LogP contribution in [0.4, 0.5) is 0 Å². The highest BCUT2D eigenvalue weighted by Crippen LogP contribution is 2.08. The Bertz CT molecular complexity index is 176. The Labute approximate surface area is 52.3 Å². The first-order chi connectivity index (χ1) is 4.11. The summed E-state index contributed by atoms with van der Waals surface area (Å²) < 4.78 is 37.4. The van der Waals surface area contributed by atoms with Crippen LogP contribution in [0.15, 0.2) is 0 Å². The average Bonchev–Trinajstić information content (AvgIpc) is 2.08. The molecule has 1 heterocycles. The third kappa shape index (κ3) is 1.62. The van der Waals surface area contributed by atoms with Gasteiger partial charge < -0.3 is 9.47 Å². The van der Waals surface area contributed by atoms with Crippen molar-refractivity contribution in [3.63, 3.8) is 0 Å². The van der Waals surface area contributed by atoms with Crippen LogP contribution < -0.4 is 0 Å². The lowest BCUT2D eigenvalue weighted by Gasteiger charge is -2.01. The van der Waals surface area contributed by atoms with Crippen molar-refractivity contribution in [1.29, 1.82) is 0 Å². The number of hydrogen-bond acceptors (Lipinski definition) is 4. The predicted octanol–water partition coefficient (Wildman–Crippen LogP) is -0.795. The van der Waals surface area contributed by atoms with Gasteiger partial charge in [-0.05, 0) is 0 Å². The second kappa shape index (κ2) is 2.22. The van der Waals surface area contributed by atoms with Gasteiger partial charge in [0, 0.05) is 0 Å². The number of ether oxygens (including phenoxy) is 2. The molecule has 1 rings (SSSR count). The molecule has 1 N–H and O–H groups in total. The van der Waals surface area contributed by atoms with Crippen molar-refractivity contribution < 1.29 is 22.4 Å². The van der Waals surface area contributed by atoms with E-state index in [9.17, 15) is 8.42 Å². The highest BCUT2D eigenvalue weighted by molar-refractivity contribution is 7.86. The molecular weight excluding hydrogens is 148 g/mol. The van der Waals surface area contributed by atoms with E-state index in [1.807, 2.05) is 0 Å². The van der Waals surface area contributed by atoms with E-state index in [1.54, 1.807) is 0 Å². The fourth-order valence-electron chi connectivity index (χ4n) is 0.509. The second-order valence-corrected chi connectivity index (χ2v) is 2.96. The Balaban J connectivity index is 2.63. The van der Waals surface area contributed by atoms with Crippen molar-refractivity contribution in [1.82, 2.24) is 0 Å². The van der Waals surface area contributed by atoms with Crippen molar-refractivity contribution >= 4 is 10.1 Å². The summed E-state index contributed by atoms with van der Waals surface area (Å²) in [4.78, 5) is 0. The van der Waals surface area contributed by atoms with Crippen LogP contribution >= 0.6 is 0 Å².